The van der Waals surface area contributed by atoms with Gasteiger partial charge in [-0.25, -0.2) is 18.6 Å². The lowest BCUT2D eigenvalue weighted by molar-refractivity contribution is -2.00. The zero-order valence-electron chi connectivity index (χ0n) is 18.2. The molecule has 0 amide bonds. The van der Waals surface area contributed by atoms with Gasteiger partial charge in [0.05, 0.1) is 0 Å². The van der Waals surface area contributed by atoms with Gasteiger partial charge >= 0.3 is 0 Å². The van der Waals surface area contributed by atoms with Crippen molar-refractivity contribution in [3.8, 4) is 0 Å². The second-order valence-corrected chi connectivity index (χ2v) is 11.7. The van der Waals surface area contributed by atoms with E-state index in [2.05, 4.69) is 133 Å². The molecule has 5 rings (SSSR count). The fourth-order valence-corrected chi connectivity index (χ4v) is 8.78. The first-order chi connectivity index (χ1) is 16.4. The Morgan fingerprint density at radius 3 is 1.21 bits per heavy atom. The van der Waals surface area contributed by atoms with Crippen LogP contribution in [-0.4, -0.2) is 0 Å². The number of benzene rings is 5. The maximum Gasteiger partial charge on any atom is 0.144 e. The standard InChI is InChI=1S/C28H22P.ClHO4/c1-4-15-24(16-5-1)29(25-17-6-2-7-18-25,26-19-8-3-9-20-26)28-22-12-14-23-13-10-11-21-27(23)28;2-1(3,4)5/h1-22H;(H,2,3,4,5)/q+1;/p-1. The lowest BCUT2D eigenvalue weighted by atomic mass is 10.1. The van der Waals surface area contributed by atoms with Crippen LogP contribution in [-0.2, 0) is 0 Å². The van der Waals surface area contributed by atoms with Crippen molar-refractivity contribution in [2.75, 3.05) is 0 Å². The predicted octanol–water partition coefficient (Wildman–Crippen LogP) is 0.703. The number of halogens is 1. The highest BCUT2D eigenvalue weighted by molar-refractivity contribution is 8.01. The molecule has 0 aromatic heterocycles. The number of fused-ring (bicyclic) bond motifs is 1. The number of hydrogen-bond donors (Lipinski definition) is 0. The van der Waals surface area contributed by atoms with Crippen molar-refractivity contribution in [2.45, 2.75) is 0 Å². The average Bonchev–Trinajstić information content (AvgIpc) is 2.86. The smallest absolute Gasteiger partial charge is 0.144 e. The molecule has 6 heteroatoms. The van der Waals surface area contributed by atoms with E-state index in [4.69, 9.17) is 18.6 Å². The molecule has 0 fully saturated rings. The molecule has 0 unspecified atom stereocenters. The molecule has 0 spiro atoms. The van der Waals surface area contributed by atoms with Crippen LogP contribution in [0.3, 0.4) is 0 Å². The van der Waals surface area contributed by atoms with Crippen LogP contribution in [0.1, 0.15) is 0 Å². The van der Waals surface area contributed by atoms with Gasteiger partial charge in [-0.2, -0.15) is 0 Å². The second-order valence-electron chi connectivity index (χ2n) is 7.55. The van der Waals surface area contributed by atoms with Crippen LogP contribution in [0.5, 0.6) is 0 Å². The Bertz CT molecular complexity index is 1230. The Hall–Kier alpha value is -3.08. The van der Waals surface area contributed by atoms with E-state index in [1.54, 1.807) is 0 Å². The molecule has 0 saturated carbocycles. The molecule has 0 atom stereocenters. The van der Waals surface area contributed by atoms with Gasteiger partial charge in [0.25, 0.3) is 0 Å². The van der Waals surface area contributed by atoms with Crippen molar-refractivity contribution in [1.82, 2.24) is 0 Å². The van der Waals surface area contributed by atoms with Crippen LogP contribution in [0.2, 0.25) is 0 Å². The summed E-state index contributed by atoms with van der Waals surface area (Å²) in [7, 11) is -7.00. The zero-order chi connectivity index (χ0) is 24.0. The fourth-order valence-electron chi connectivity index (χ4n) is 4.32. The Morgan fingerprint density at radius 1 is 0.412 bits per heavy atom. The summed E-state index contributed by atoms with van der Waals surface area (Å²) in [6, 6.07) is 48.7. The van der Waals surface area contributed by atoms with Crippen molar-refractivity contribution < 1.29 is 28.9 Å². The summed E-state index contributed by atoms with van der Waals surface area (Å²) in [6.45, 7) is 0. The summed E-state index contributed by atoms with van der Waals surface area (Å²) in [4.78, 5) is 0. The minimum absolute atomic E-state index is 1.29. The highest BCUT2D eigenvalue weighted by atomic mass is 35.7. The molecule has 170 valence electrons. The van der Waals surface area contributed by atoms with Crippen molar-refractivity contribution in [2.24, 2.45) is 0 Å². The van der Waals surface area contributed by atoms with E-state index >= 15 is 0 Å². The highest BCUT2D eigenvalue weighted by Gasteiger charge is 2.48. The Kier molecular flexibility index (Phi) is 7.40. The Morgan fingerprint density at radius 2 is 0.765 bits per heavy atom. The largest absolute Gasteiger partial charge is 0.222 e. The van der Waals surface area contributed by atoms with E-state index in [9.17, 15) is 0 Å². The summed E-state index contributed by atoms with van der Waals surface area (Å²) in [5.41, 5.74) is 0. The zero-order valence-corrected chi connectivity index (χ0v) is 19.8. The van der Waals surface area contributed by atoms with Crippen LogP contribution < -0.4 is 39.9 Å². The van der Waals surface area contributed by atoms with Gasteiger partial charge in [-0.05, 0) is 47.9 Å². The van der Waals surface area contributed by atoms with E-state index in [1.165, 1.54) is 32.0 Å². The molecule has 0 heterocycles. The van der Waals surface area contributed by atoms with Crippen LogP contribution in [0.25, 0.3) is 10.8 Å². The van der Waals surface area contributed by atoms with E-state index in [0.29, 0.717) is 0 Å². The molecule has 5 aromatic rings. The molecule has 0 saturated heterocycles. The lowest BCUT2D eigenvalue weighted by Crippen LogP contribution is -2.68. The van der Waals surface area contributed by atoms with Gasteiger partial charge in [-0.1, -0.05) is 91.0 Å². The molecule has 0 aliphatic carbocycles. The Balaban J connectivity index is 0.000000499. The highest BCUT2D eigenvalue weighted by Crippen LogP contribution is 2.55. The van der Waals surface area contributed by atoms with Crippen molar-refractivity contribution >= 4 is 39.3 Å². The lowest BCUT2D eigenvalue weighted by Gasteiger charge is -2.28. The normalized spacial score (nSPS) is 11.5. The second kappa shape index (κ2) is 10.5. The number of hydrogen-bond acceptors (Lipinski definition) is 4. The summed E-state index contributed by atoms with van der Waals surface area (Å²) >= 11 is 0. The van der Waals surface area contributed by atoms with Gasteiger partial charge in [0, 0.05) is 5.39 Å². The molecule has 4 nitrogen and oxygen atoms in total. The summed E-state index contributed by atoms with van der Waals surface area (Å²) < 4.78 is 34.0. The monoisotopic (exact) mass is 488 g/mol. The van der Waals surface area contributed by atoms with Gasteiger partial charge in [-0.15, -0.1) is 10.2 Å². The van der Waals surface area contributed by atoms with Crippen LogP contribution in [0, 0.1) is 10.2 Å². The number of rotatable bonds is 4. The molecule has 34 heavy (non-hydrogen) atoms. The maximum atomic E-state index is 8.49. The summed E-state index contributed by atoms with van der Waals surface area (Å²) in [6.07, 6.45) is 0. The molecular weight excluding hydrogens is 467 g/mol. The Labute approximate surface area is 201 Å². The quantitative estimate of drug-likeness (QED) is 0.348. The molecule has 0 bridgehead atoms. The summed E-state index contributed by atoms with van der Waals surface area (Å²) in [5.74, 6) is 0. The van der Waals surface area contributed by atoms with Crippen LogP contribution >= 0.6 is 7.26 Å². The third-order valence-electron chi connectivity index (χ3n) is 5.56. The molecular formula is C28H22ClO4P. The van der Waals surface area contributed by atoms with Gasteiger partial charge in [0.15, 0.2) is 0 Å². The van der Waals surface area contributed by atoms with E-state index in [0.717, 1.165) is 0 Å². The first-order valence-corrected chi connectivity index (χ1v) is 13.6. The molecule has 0 aliphatic heterocycles. The predicted molar refractivity (Wildman–Crippen MR) is 129 cm³/mol. The topological polar surface area (TPSA) is 92.2 Å². The summed E-state index contributed by atoms with van der Waals surface area (Å²) in [5, 5.41) is 8.19. The van der Waals surface area contributed by atoms with Gasteiger partial charge in [0.2, 0.25) is 0 Å². The van der Waals surface area contributed by atoms with Crippen molar-refractivity contribution in [1.29, 1.82) is 0 Å². The van der Waals surface area contributed by atoms with E-state index in [-0.39, 0.29) is 0 Å². The van der Waals surface area contributed by atoms with Gasteiger partial charge in [0.1, 0.15) is 28.5 Å². The minimum Gasteiger partial charge on any atom is -0.222 e. The third kappa shape index (κ3) is 5.19. The first-order valence-electron chi connectivity index (χ1n) is 10.6. The maximum absolute atomic E-state index is 8.49. The first kappa shape index (κ1) is 24.1. The van der Waals surface area contributed by atoms with Gasteiger partial charge in [-0.3, -0.25) is 0 Å². The van der Waals surface area contributed by atoms with Crippen molar-refractivity contribution in [3.05, 3.63) is 133 Å². The van der Waals surface area contributed by atoms with E-state index in [1.807, 2.05) is 0 Å². The minimum atomic E-state index is -4.94. The molecule has 0 N–H and O–H groups in total. The van der Waals surface area contributed by atoms with E-state index < -0.39 is 17.5 Å². The van der Waals surface area contributed by atoms with Crippen LogP contribution in [0.4, 0.5) is 0 Å². The van der Waals surface area contributed by atoms with Crippen molar-refractivity contribution in [3.63, 3.8) is 0 Å². The molecule has 0 aliphatic rings. The third-order valence-corrected chi connectivity index (χ3v) is 9.89. The molecule has 5 aromatic carbocycles. The van der Waals surface area contributed by atoms with Gasteiger partial charge < -0.3 is 0 Å². The van der Waals surface area contributed by atoms with Crippen LogP contribution in [0.15, 0.2) is 133 Å². The molecule has 0 radical (unpaired) electrons. The fraction of sp³-hybridized carbons (Fsp3) is 0. The average molecular weight is 489 g/mol. The SMILES string of the molecule is [O-][Cl+3]([O-])([O-])[O-].c1ccc([P+](c2ccccc2)(c2ccccc2)c2cccc3ccccc23)cc1.